The van der Waals surface area contributed by atoms with E-state index in [1.54, 1.807) is 24.3 Å². The molecule has 1 aromatic heterocycles. The van der Waals surface area contributed by atoms with Gasteiger partial charge in [0.25, 0.3) is 0 Å². The zero-order valence-corrected chi connectivity index (χ0v) is 13.6. The van der Waals surface area contributed by atoms with Crippen molar-refractivity contribution in [3.8, 4) is 11.3 Å². The molecule has 1 amide bonds. The third-order valence-electron chi connectivity index (χ3n) is 3.09. The molecule has 22 heavy (non-hydrogen) atoms. The molecule has 116 valence electrons. The summed E-state index contributed by atoms with van der Waals surface area (Å²) in [7, 11) is 0. The molecule has 0 aliphatic rings. The van der Waals surface area contributed by atoms with E-state index in [4.69, 9.17) is 9.52 Å². The normalized spacial score (nSPS) is 10.5. The molecular weight excluding hydrogens is 350 g/mol. The quantitative estimate of drug-likeness (QED) is 0.787. The summed E-state index contributed by atoms with van der Waals surface area (Å²) in [6.07, 6.45) is 2.33. The number of carboxylic acid groups (broad SMARTS) is 1. The van der Waals surface area contributed by atoms with Gasteiger partial charge in [0.05, 0.1) is 0 Å². The average molecular weight is 366 g/mol. The summed E-state index contributed by atoms with van der Waals surface area (Å²) in [5, 5.41) is 11.7. The molecule has 6 heteroatoms. The Kier molecular flexibility index (Phi) is 5.38. The first-order chi connectivity index (χ1) is 10.5. The molecule has 0 aliphatic carbocycles. The van der Waals surface area contributed by atoms with Crippen molar-refractivity contribution in [2.45, 2.75) is 26.2 Å². The zero-order chi connectivity index (χ0) is 16.1. The fourth-order valence-electron chi connectivity index (χ4n) is 1.95. The van der Waals surface area contributed by atoms with Crippen molar-refractivity contribution in [2.75, 3.05) is 5.32 Å². The van der Waals surface area contributed by atoms with E-state index in [-0.39, 0.29) is 11.7 Å². The van der Waals surface area contributed by atoms with E-state index in [1.807, 2.05) is 6.92 Å². The van der Waals surface area contributed by atoms with Gasteiger partial charge in [-0.3, -0.25) is 4.79 Å². The highest BCUT2D eigenvalue weighted by Crippen LogP contribution is 2.32. The van der Waals surface area contributed by atoms with Crippen molar-refractivity contribution in [3.05, 3.63) is 40.6 Å². The third kappa shape index (κ3) is 3.98. The van der Waals surface area contributed by atoms with Crippen molar-refractivity contribution >= 4 is 33.5 Å². The van der Waals surface area contributed by atoms with Gasteiger partial charge in [-0.2, -0.15) is 0 Å². The van der Waals surface area contributed by atoms with Gasteiger partial charge in [0.2, 0.25) is 11.7 Å². The monoisotopic (exact) mass is 365 g/mol. The fourth-order valence-corrected chi connectivity index (χ4v) is 2.53. The molecule has 2 rings (SSSR count). The molecule has 0 atom stereocenters. The van der Waals surface area contributed by atoms with Crippen LogP contribution in [0.3, 0.4) is 0 Å². The Morgan fingerprint density at radius 2 is 2.05 bits per heavy atom. The Bertz CT molecular complexity index is 693. The molecule has 0 saturated heterocycles. The van der Waals surface area contributed by atoms with Gasteiger partial charge in [-0.05, 0) is 52.7 Å². The zero-order valence-electron chi connectivity index (χ0n) is 12.1. The molecule has 0 bridgehead atoms. The van der Waals surface area contributed by atoms with Crippen molar-refractivity contribution < 1.29 is 19.1 Å². The lowest BCUT2D eigenvalue weighted by molar-refractivity contribution is -0.116. The van der Waals surface area contributed by atoms with Crippen LogP contribution in [0.4, 0.5) is 5.69 Å². The first-order valence-electron chi connectivity index (χ1n) is 6.94. The summed E-state index contributed by atoms with van der Waals surface area (Å²) in [5.41, 5.74) is 1.40. The molecule has 0 fully saturated rings. The van der Waals surface area contributed by atoms with E-state index in [1.165, 1.54) is 6.07 Å². The molecule has 0 spiro atoms. The number of carboxylic acids is 1. The van der Waals surface area contributed by atoms with Crippen LogP contribution in [0.25, 0.3) is 11.3 Å². The highest BCUT2D eigenvalue weighted by Gasteiger charge is 2.13. The summed E-state index contributed by atoms with van der Waals surface area (Å²) in [5.74, 6) is -0.790. The van der Waals surface area contributed by atoms with E-state index in [9.17, 15) is 9.59 Å². The topological polar surface area (TPSA) is 79.5 Å². The number of amides is 1. The van der Waals surface area contributed by atoms with Gasteiger partial charge < -0.3 is 14.8 Å². The number of benzene rings is 1. The third-order valence-corrected chi connectivity index (χ3v) is 3.75. The Morgan fingerprint density at radius 1 is 1.27 bits per heavy atom. The summed E-state index contributed by atoms with van der Waals surface area (Å²) in [6.45, 7) is 2.04. The highest BCUT2D eigenvalue weighted by molar-refractivity contribution is 9.10. The van der Waals surface area contributed by atoms with E-state index in [0.29, 0.717) is 22.3 Å². The Morgan fingerprint density at radius 3 is 2.64 bits per heavy atom. The number of halogens is 1. The molecule has 1 heterocycles. The molecule has 0 saturated carbocycles. The van der Waals surface area contributed by atoms with E-state index >= 15 is 0 Å². The first-order valence-corrected chi connectivity index (χ1v) is 7.73. The number of anilines is 1. The van der Waals surface area contributed by atoms with Crippen LogP contribution in [-0.2, 0) is 4.79 Å². The van der Waals surface area contributed by atoms with Crippen LogP contribution in [0.2, 0.25) is 0 Å². The Hall–Kier alpha value is -2.08. The van der Waals surface area contributed by atoms with Crippen molar-refractivity contribution in [2.24, 2.45) is 0 Å². The van der Waals surface area contributed by atoms with E-state index in [0.717, 1.165) is 18.4 Å². The maximum absolute atomic E-state index is 11.7. The standard InChI is InChI=1S/C16H16BrNO4/c1-2-3-4-15(19)18-10-5-6-11(12(17)9-10)13-7-8-14(22-13)16(20)21/h5-9H,2-4H2,1H3,(H,18,19)(H,20,21). The van der Waals surface area contributed by atoms with E-state index in [2.05, 4.69) is 21.2 Å². The van der Waals surface area contributed by atoms with Gasteiger partial charge in [-0.1, -0.05) is 13.3 Å². The van der Waals surface area contributed by atoms with Crippen LogP contribution >= 0.6 is 15.9 Å². The van der Waals surface area contributed by atoms with Crippen LogP contribution in [0.1, 0.15) is 36.7 Å². The molecule has 1 aromatic carbocycles. The fraction of sp³-hybridized carbons (Fsp3) is 0.250. The minimum atomic E-state index is -1.11. The largest absolute Gasteiger partial charge is 0.475 e. The van der Waals surface area contributed by atoms with Gasteiger partial charge in [-0.15, -0.1) is 0 Å². The number of unbranched alkanes of at least 4 members (excludes halogenated alkanes) is 1. The van der Waals surface area contributed by atoms with Crippen molar-refractivity contribution in [3.63, 3.8) is 0 Å². The van der Waals surface area contributed by atoms with Gasteiger partial charge >= 0.3 is 5.97 Å². The number of aromatic carboxylic acids is 1. The second-order valence-electron chi connectivity index (χ2n) is 4.82. The number of carbonyl (C=O) groups is 2. The number of hydrogen-bond acceptors (Lipinski definition) is 3. The van der Waals surface area contributed by atoms with Crippen LogP contribution < -0.4 is 5.32 Å². The second kappa shape index (κ2) is 7.26. The van der Waals surface area contributed by atoms with Gasteiger partial charge in [-0.25, -0.2) is 4.79 Å². The van der Waals surface area contributed by atoms with Gasteiger partial charge in [0.1, 0.15) is 5.76 Å². The number of hydrogen-bond donors (Lipinski definition) is 2. The molecular formula is C16H16BrNO4. The molecule has 2 aromatic rings. The number of rotatable bonds is 6. The SMILES string of the molecule is CCCCC(=O)Nc1ccc(-c2ccc(C(=O)O)o2)c(Br)c1. The molecule has 0 unspecified atom stereocenters. The highest BCUT2D eigenvalue weighted by atomic mass is 79.9. The van der Waals surface area contributed by atoms with Crippen molar-refractivity contribution in [1.29, 1.82) is 0 Å². The number of carbonyl (C=O) groups excluding carboxylic acids is 1. The summed E-state index contributed by atoms with van der Waals surface area (Å²) < 4.78 is 5.98. The maximum Gasteiger partial charge on any atom is 0.371 e. The van der Waals surface area contributed by atoms with Crippen LogP contribution in [0.5, 0.6) is 0 Å². The Balaban J connectivity index is 2.15. The lowest BCUT2D eigenvalue weighted by Gasteiger charge is -2.07. The van der Waals surface area contributed by atoms with Gasteiger partial charge in [0.15, 0.2) is 0 Å². The lowest BCUT2D eigenvalue weighted by Crippen LogP contribution is -2.10. The smallest absolute Gasteiger partial charge is 0.371 e. The number of furan rings is 1. The molecule has 0 radical (unpaired) electrons. The second-order valence-corrected chi connectivity index (χ2v) is 5.67. The van der Waals surface area contributed by atoms with Crippen molar-refractivity contribution in [1.82, 2.24) is 0 Å². The predicted octanol–water partition coefficient (Wildman–Crippen LogP) is 4.54. The molecule has 5 nitrogen and oxygen atoms in total. The number of nitrogens with one attached hydrogen (secondary N) is 1. The minimum absolute atomic E-state index is 0.0207. The van der Waals surface area contributed by atoms with Crippen LogP contribution in [0.15, 0.2) is 39.2 Å². The molecule has 2 N–H and O–H groups in total. The maximum atomic E-state index is 11.7. The molecule has 0 aliphatic heterocycles. The minimum Gasteiger partial charge on any atom is -0.475 e. The summed E-state index contributed by atoms with van der Waals surface area (Å²) in [6, 6.07) is 8.30. The average Bonchev–Trinajstić information content (AvgIpc) is 2.95. The lowest BCUT2D eigenvalue weighted by atomic mass is 10.1. The Labute approximate surface area is 136 Å². The van der Waals surface area contributed by atoms with Crippen LogP contribution in [-0.4, -0.2) is 17.0 Å². The van der Waals surface area contributed by atoms with Gasteiger partial charge in [0, 0.05) is 22.1 Å². The van der Waals surface area contributed by atoms with Crippen LogP contribution in [0, 0.1) is 0 Å². The predicted molar refractivity (Wildman–Crippen MR) is 87.0 cm³/mol. The van der Waals surface area contributed by atoms with E-state index < -0.39 is 5.97 Å². The summed E-state index contributed by atoms with van der Waals surface area (Å²) in [4.78, 5) is 22.5. The summed E-state index contributed by atoms with van der Waals surface area (Å²) >= 11 is 3.41. The first kappa shape index (κ1) is 16.3.